The summed E-state index contributed by atoms with van der Waals surface area (Å²) in [6, 6.07) is -1.02. The van der Waals surface area contributed by atoms with E-state index in [9.17, 15) is 9.36 Å². The zero-order valence-corrected chi connectivity index (χ0v) is 7.30. The molecule has 0 saturated heterocycles. The van der Waals surface area contributed by atoms with E-state index in [1.807, 2.05) is 0 Å². The predicted octanol–water partition coefficient (Wildman–Crippen LogP) is 0.516. The molecule has 0 rings (SSSR count). The Labute approximate surface area is 66.2 Å². The minimum absolute atomic E-state index is 0.210. The summed E-state index contributed by atoms with van der Waals surface area (Å²) in [5, 5.41) is 0. The summed E-state index contributed by atoms with van der Waals surface area (Å²) in [5.41, 5.74) is 7.35. The van der Waals surface area contributed by atoms with Gasteiger partial charge in [-0.15, -0.1) is 0 Å². The molecule has 2 N–H and O–H groups in total. The van der Waals surface area contributed by atoms with Gasteiger partial charge in [-0.2, -0.15) is 0 Å². The van der Waals surface area contributed by atoms with Crippen molar-refractivity contribution in [2.45, 2.75) is 26.0 Å². The molecule has 11 heavy (non-hydrogen) atoms. The summed E-state index contributed by atoms with van der Waals surface area (Å²) >= 11 is 0. The Bertz CT molecular complexity index is 231. The molecule has 0 amide bonds. The first-order valence-corrected chi connectivity index (χ1v) is 3.93. The molecule has 0 aromatic heterocycles. The van der Waals surface area contributed by atoms with Crippen molar-refractivity contribution < 1.29 is 14.1 Å². The Morgan fingerprint density at radius 3 is 2.55 bits per heavy atom. The van der Waals surface area contributed by atoms with Crippen LogP contribution in [0.25, 0.3) is 0 Å². The normalized spacial score (nSPS) is 12.0. The monoisotopic (exact) mass is 175 g/mol. The molecule has 0 spiro atoms. The van der Waals surface area contributed by atoms with Crippen LogP contribution in [0.5, 0.6) is 0 Å². The number of carbonyl (C=O) groups is 1. The molecule has 0 bridgehead atoms. The van der Waals surface area contributed by atoms with Crippen molar-refractivity contribution in [2.24, 2.45) is 5.73 Å². The van der Waals surface area contributed by atoms with Crippen LogP contribution >= 0.6 is 7.92 Å². The number of rotatable bonds is 2. The molecule has 62 valence electrons. The van der Waals surface area contributed by atoms with Gasteiger partial charge in [0.1, 0.15) is 0 Å². The first kappa shape index (κ1) is 10.4. The first-order valence-electron chi connectivity index (χ1n) is 3.12. The van der Waals surface area contributed by atoms with Crippen LogP contribution in [0.4, 0.5) is 0 Å². The van der Waals surface area contributed by atoms with Gasteiger partial charge in [-0.1, -0.05) is 0 Å². The molecule has 0 aromatic carbocycles. The summed E-state index contributed by atoms with van der Waals surface area (Å²) in [6.45, 7) is 3.42. The van der Waals surface area contributed by atoms with Crippen molar-refractivity contribution in [1.29, 1.82) is 0 Å². The van der Waals surface area contributed by atoms with E-state index in [1.165, 1.54) is 0 Å². The van der Waals surface area contributed by atoms with Crippen molar-refractivity contribution in [3.05, 3.63) is 0 Å². The summed E-state index contributed by atoms with van der Waals surface area (Å²) in [5.74, 6) is -0.608. The van der Waals surface area contributed by atoms with Gasteiger partial charge in [0.2, 0.25) is 0 Å². The van der Waals surface area contributed by atoms with Gasteiger partial charge in [0.05, 0.1) is 0 Å². The van der Waals surface area contributed by atoms with Gasteiger partial charge in [0, 0.05) is 0 Å². The maximum absolute atomic E-state index is 10.8. The van der Waals surface area contributed by atoms with Crippen LogP contribution in [0.2, 0.25) is 0 Å². The standard InChI is InChI=1S/C6H10NO3P/c1-4(2)10-6(8)5(7)3-11-9/h4-5H,7H2,1-2H3/t5-/m0/s1. The quantitative estimate of drug-likeness (QED) is 0.490. The van der Waals surface area contributed by atoms with Crippen molar-refractivity contribution >= 4 is 13.9 Å². The summed E-state index contributed by atoms with van der Waals surface area (Å²) < 4.78 is 14.6. The Kier molecular flexibility index (Phi) is 4.88. The van der Waals surface area contributed by atoms with Crippen molar-refractivity contribution in [3.8, 4) is 5.63 Å². The van der Waals surface area contributed by atoms with Crippen LogP contribution in [-0.2, 0) is 14.1 Å². The van der Waals surface area contributed by atoms with E-state index < -0.39 is 12.0 Å². The number of hydrogen-bond donors (Lipinski definition) is 1. The summed E-state index contributed by atoms with van der Waals surface area (Å²) in [6.07, 6.45) is -0.210. The van der Waals surface area contributed by atoms with E-state index in [-0.39, 0.29) is 14.0 Å². The van der Waals surface area contributed by atoms with Gasteiger partial charge in [-0.3, -0.25) is 0 Å². The first-order chi connectivity index (χ1) is 5.07. The Balaban J connectivity index is 4.00. The number of hydrogen-bond acceptors (Lipinski definition) is 4. The second-order valence-corrected chi connectivity index (χ2v) is 2.62. The molecule has 0 saturated carbocycles. The Morgan fingerprint density at radius 1 is 1.64 bits per heavy atom. The molecule has 5 heteroatoms. The zero-order valence-electron chi connectivity index (χ0n) is 6.40. The van der Waals surface area contributed by atoms with Crippen LogP contribution in [0.3, 0.4) is 0 Å². The third-order valence-corrected chi connectivity index (χ3v) is 1.18. The third-order valence-electron chi connectivity index (χ3n) is 0.798. The molecular weight excluding hydrogens is 165 g/mol. The minimum atomic E-state index is -1.02. The van der Waals surface area contributed by atoms with Gasteiger partial charge in [0.15, 0.2) is 0 Å². The summed E-state index contributed by atoms with van der Waals surface area (Å²) in [7, 11) is -0.380. The molecule has 0 fully saturated rings. The Morgan fingerprint density at radius 2 is 2.18 bits per heavy atom. The van der Waals surface area contributed by atoms with Crippen molar-refractivity contribution in [3.63, 3.8) is 0 Å². The van der Waals surface area contributed by atoms with Crippen molar-refractivity contribution in [2.75, 3.05) is 0 Å². The fourth-order valence-electron chi connectivity index (χ4n) is 0.415. The van der Waals surface area contributed by atoms with E-state index in [1.54, 1.807) is 13.8 Å². The molecular formula is C6H10NO3P. The number of nitrogens with two attached hydrogens (primary N) is 1. The van der Waals surface area contributed by atoms with E-state index >= 15 is 0 Å². The second-order valence-electron chi connectivity index (χ2n) is 2.18. The molecule has 1 atom stereocenters. The van der Waals surface area contributed by atoms with Crippen LogP contribution < -0.4 is 5.73 Å². The predicted molar refractivity (Wildman–Crippen MR) is 40.7 cm³/mol. The van der Waals surface area contributed by atoms with Gasteiger partial charge < -0.3 is 0 Å². The molecule has 4 nitrogen and oxygen atoms in total. The molecule has 0 radical (unpaired) electrons. The fourth-order valence-corrected chi connectivity index (χ4v) is 0.634. The molecule has 0 aliphatic carbocycles. The van der Waals surface area contributed by atoms with Gasteiger partial charge >= 0.3 is 65.3 Å². The van der Waals surface area contributed by atoms with Crippen LogP contribution in [0, 0.1) is 5.63 Å². The van der Waals surface area contributed by atoms with Crippen LogP contribution in [0.1, 0.15) is 13.8 Å². The van der Waals surface area contributed by atoms with Gasteiger partial charge in [-0.05, 0) is 0 Å². The zero-order chi connectivity index (χ0) is 8.85. The fraction of sp³-hybridized carbons (Fsp3) is 0.667. The third kappa shape index (κ3) is 4.79. The number of carbonyl (C=O) groups excluding carboxylic acids is 1. The number of ether oxygens (including phenoxy) is 1. The molecule has 0 heterocycles. The van der Waals surface area contributed by atoms with E-state index in [2.05, 4.69) is 5.63 Å². The molecule has 0 aliphatic rings. The second kappa shape index (κ2) is 5.14. The maximum atomic E-state index is 10.8. The average Bonchev–Trinajstić information content (AvgIpc) is 1.86. The molecule has 0 aromatic rings. The Hall–Kier alpha value is -0.560. The summed E-state index contributed by atoms with van der Waals surface area (Å²) in [4.78, 5) is 10.8. The average molecular weight is 175 g/mol. The van der Waals surface area contributed by atoms with Crippen LogP contribution in [-0.4, -0.2) is 18.1 Å². The molecule has 0 unspecified atom stereocenters. The van der Waals surface area contributed by atoms with E-state index in [4.69, 9.17) is 10.5 Å². The topological polar surface area (TPSA) is 69.4 Å². The van der Waals surface area contributed by atoms with Gasteiger partial charge in [-0.25, -0.2) is 0 Å². The van der Waals surface area contributed by atoms with Crippen LogP contribution in [0.15, 0.2) is 0 Å². The number of esters is 1. The van der Waals surface area contributed by atoms with Gasteiger partial charge in [0.25, 0.3) is 0 Å². The van der Waals surface area contributed by atoms with Crippen molar-refractivity contribution in [1.82, 2.24) is 0 Å². The van der Waals surface area contributed by atoms with E-state index in [0.29, 0.717) is 0 Å². The SMILES string of the molecule is CC(C)OC(=O)[C@@H](N)C#P=O. The molecule has 0 aliphatic heterocycles. The van der Waals surface area contributed by atoms with E-state index in [0.717, 1.165) is 0 Å².